The van der Waals surface area contributed by atoms with Crippen LogP contribution in [0.5, 0.6) is 11.5 Å². The lowest BCUT2D eigenvalue weighted by Crippen LogP contribution is -2.23. The lowest BCUT2D eigenvalue weighted by atomic mass is 10.2. The lowest BCUT2D eigenvalue weighted by Gasteiger charge is -2.13. The molecule has 0 unspecified atom stereocenters. The Balaban J connectivity index is 2.00. The Bertz CT molecular complexity index is 631. The van der Waals surface area contributed by atoms with Crippen LogP contribution in [-0.2, 0) is 13.2 Å². The van der Waals surface area contributed by atoms with Crippen LogP contribution < -0.4 is 14.8 Å². The maximum absolute atomic E-state index is 13.6. The molecule has 2 aromatic carbocycles. The van der Waals surface area contributed by atoms with Gasteiger partial charge in [0.1, 0.15) is 12.4 Å². The van der Waals surface area contributed by atoms with E-state index in [-0.39, 0.29) is 18.5 Å². The van der Waals surface area contributed by atoms with Gasteiger partial charge in [0.15, 0.2) is 11.5 Å². The molecule has 23 heavy (non-hydrogen) atoms. The van der Waals surface area contributed by atoms with Crippen LogP contribution in [0.25, 0.3) is 0 Å². The molecule has 2 aromatic rings. The second-order valence-electron chi connectivity index (χ2n) is 5.35. The number of methoxy groups -OCH3 is 1. The van der Waals surface area contributed by atoms with Gasteiger partial charge < -0.3 is 19.9 Å². The van der Waals surface area contributed by atoms with Crippen molar-refractivity contribution in [1.29, 1.82) is 0 Å². The van der Waals surface area contributed by atoms with Gasteiger partial charge in [0.2, 0.25) is 0 Å². The SMILES string of the molecule is COc1cc(CNC[C@@H](C)O)ccc1OCc1ccccc1F. The summed E-state index contributed by atoms with van der Waals surface area (Å²) in [5.74, 6) is 0.873. The van der Waals surface area contributed by atoms with Gasteiger partial charge in [-0.25, -0.2) is 4.39 Å². The molecule has 0 saturated carbocycles. The van der Waals surface area contributed by atoms with E-state index in [0.29, 0.717) is 30.2 Å². The highest BCUT2D eigenvalue weighted by Crippen LogP contribution is 2.29. The van der Waals surface area contributed by atoms with E-state index in [2.05, 4.69) is 5.32 Å². The zero-order valence-corrected chi connectivity index (χ0v) is 13.4. The largest absolute Gasteiger partial charge is 0.493 e. The average molecular weight is 319 g/mol. The lowest BCUT2D eigenvalue weighted by molar-refractivity contribution is 0.191. The standard InChI is InChI=1S/C18H22FNO3/c1-13(21)10-20-11-14-7-8-17(18(9-14)22-2)23-12-15-5-3-4-6-16(15)19/h3-9,13,20-21H,10-12H2,1-2H3/t13-/m1/s1. The fourth-order valence-electron chi connectivity index (χ4n) is 2.14. The molecule has 0 fully saturated rings. The van der Waals surface area contributed by atoms with E-state index in [1.54, 1.807) is 38.3 Å². The van der Waals surface area contributed by atoms with E-state index in [1.807, 2.05) is 12.1 Å². The molecular formula is C18H22FNO3. The third kappa shape index (κ3) is 5.23. The van der Waals surface area contributed by atoms with E-state index < -0.39 is 0 Å². The summed E-state index contributed by atoms with van der Waals surface area (Å²) in [5, 5.41) is 12.4. The maximum atomic E-state index is 13.6. The molecule has 0 radical (unpaired) electrons. The molecule has 0 aliphatic rings. The van der Waals surface area contributed by atoms with Crippen molar-refractivity contribution in [3.63, 3.8) is 0 Å². The summed E-state index contributed by atoms with van der Waals surface area (Å²) in [6, 6.07) is 12.1. The molecule has 0 aliphatic carbocycles. The highest BCUT2D eigenvalue weighted by molar-refractivity contribution is 5.43. The van der Waals surface area contributed by atoms with Crippen molar-refractivity contribution >= 4 is 0 Å². The number of rotatable bonds is 8. The molecule has 0 aromatic heterocycles. The van der Waals surface area contributed by atoms with Gasteiger partial charge in [-0.15, -0.1) is 0 Å². The molecule has 124 valence electrons. The topological polar surface area (TPSA) is 50.7 Å². The van der Waals surface area contributed by atoms with Crippen LogP contribution in [0.4, 0.5) is 4.39 Å². The van der Waals surface area contributed by atoms with Crippen LogP contribution in [0.2, 0.25) is 0 Å². The van der Waals surface area contributed by atoms with Crippen molar-refractivity contribution < 1.29 is 19.0 Å². The van der Waals surface area contributed by atoms with Gasteiger partial charge in [-0.05, 0) is 30.7 Å². The van der Waals surface area contributed by atoms with Gasteiger partial charge in [0.25, 0.3) is 0 Å². The first-order valence-electron chi connectivity index (χ1n) is 7.52. The minimum atomic E-state index is -0.389. The number of aliphatic hydroxyl groups is 1. The second-order valence-corrected chi connectivity index (χ2v) is 5.35. The fourth-order valence-corrected chi connectivity index (χ4v) is 2.14. The quantitative estimate of drug-likeness (QED) is 0.785. The number of aliphatic hydroxyl groups excluding tert-OH is 1. The van der Waals surface area contributed by atoms with E-state index >= 15 is 0 Å². The van der Waals surface area contributed by atoms with Crippen LogP contribution in [0.15, 0.2) is 42.5 Å². The fraction of sp³-hybridized carbons (Fsp3) is 0.333. The van der Waals surface area contributed by atoms with Crippen molar-refractivity contribution in [2.75, 3.05) is 13.7 Å². The van der Waals surface area contributed by atoms with Crippen LogP contribution in [0, 0.1) is 5.82 Å². The Morgan fingerprint density at radius 2 is 1.96 bits per heavy atom. The van der Waals surface area contributed by atoms with Gasteiger partial charge in [0.05, 0.1) is 13.2 Å². The number of halogens is 1. The summed E-state index contributed by atoms with van der Waals surface area (Å²) in [6.45, 7) is 3.01. The summed E-state index contributed by atoms with van der Waals surface area (Å²) in [7, 11) is 1.57. The van der Waals surface area contributed by atoms with Crippen molar-refractivity contribution in [1.82, 2.24) is 5.32 Å². The smallest absolute Gasteiger partial charge is 0.161 e. The zero-order valence-electron chi connectivity index (χ0n) is 13.4. The number of benzene rings is 2. The first-order chi connectivity index (χ1) is 11.1. The molecule has 0 aliphatic heterocycles. The van der Waals surface area contributed by atoms with Crippen LogP contribution in [0.3, 0.4) is 0 Å². The molecule has 0 amide bonds. The van der Waals surface area contributed by atoms with Crippen molar-refractivity contribution in [2.24, 2.45) is 0 Å². The van der Waals surface area contributed by atoms with E-state index in [9.17, 15) is 9.50 Å². The molecule has 2 rings (SSSR count). The molecule has 1 atom stereocenters. The Hall–Kier alpha value is -2.11. The molecule has 0 spiro atoms. The van der Waals surface area contributed by atoms with Crippen molar-refractivity contribution in [2.45, 2.75) is 26.2 Å². The van der Waals surface area contributed by atoms with Gasteiger partial charge in [-0.1, -0.05) is 24.3 Å². The molecule has 2 N–H and O–H groups in total. The summed E-state index contributed by atoms with van der Waals surface area (Å²) < 4.78 is 24.6. The average Bonchev–Trinajstić information content (AvgIpc) is 2.54. The van der Waals surface area contributed by atoms with Gasteiger partial charge in [-0.2, -0.15) is 0 Å². The van der Waals surface area contributed by atoms with Crippen molar-refractivity contribution in [3.8, 4) is 11.5 Å². The molecular weight excluding hydrogens is 297 g/mol. The summed E-state index contributed by atoms with van der Waals surface area (Å²) >= 11 is 0. The Labute approximate surface area is 135 Å². The van der Waals surface area contributed by atoms with Crippen molar-refractivity contribution in [3.05, 3.63) is 59.4 Å². The predicted molar refractivity (Wildman–Crippen MR) is 87.1 cm³/mol. The third-order valence-corrected chi connectivity index (χ3v) is 3.34. The highest BCUT2D eigenvalue weighted by atomic mass is 19.1. The van der Waals surface area contributed by atoms with Gasteiger partial charge in [0, 0.05) is 18.7 Å². The third-order valence-electron chi connectivity index (χ3n) is 3.34. The van der Waals surface area contributed by atoms with E-state index in [1.165, 1.54) is 6.07 Å². The summed E-state index contributed by atoms with van der Waals surface area (Å²) in [6.07, 6.45) is -0.389. The summed E-state index contributed by atoms with van der Waals surface area (Å²) in [4.78, 5) is 0. The summed E-state index contributed by atoms with van der Waals surface area (Å²) in [5.41, 5.74) is 1.51. The van der Waals surface area contributed by atoms with Gasteiger partial charge >= 0.3 is 0 Å². The molecule has 0 heterocycles. The van der Waals surface area contributed by atoms with Crippen LogP contribution in [0.1, 0.15) is 18.1 Å². The number of ether oxygens (including phenoxy) is 2. The minimum Gasteiger partial charge on any atom is -0.493 e. The Morgan fingerprint density at radius 3 is 2.65 bits per heavy atom. The number of hydrogen-bond donors (Lipinski definition) is 2. The molecule has 0 saturated heterocycles. The zero-order chi connectivity index (χ0) is 16.7. The molecule has 4 nitrogen and oxygen atoms in total. The predicted octanol–water partition coefficient (Wildman–Crippen LogP) is 2.88. The highest BCUT2D eigenvalue weighted by Gasteiger charge is 2.08. The van der Waals surface area contributed by atoms with Gasteiger partial charge in [-0.3, -0.25) is 0 Å². The Kier molecular flexibility index (Phi) is 6.38. The normalized spacial score (nSPS) is 12.0. The first-order valence-corrected chi connectivity index (χ1v) is 7.52. The monoisotopic (exact) mass is 319 g/mol. The van der Waals surface area contributed by atoms with E-state index in [4.69, 9.17) is 9.47 Å². The number of nitrogens with one attached hydrogen (secondary N) is 1. The molecule has 0 bridgehead atoms. The second kappa shape index (κ2) is 8.50. The maximum Gasteiger partial charge on any atom is 0.161 e. The van der Waals surface area contributed by atoms with Crippen LogP contribution >= 0.6 is 0 Å². The molecule has 5 heteroatoms. The van der Waals surface area contributed by atoms with Crippen LogP contribution in [-0.4, -0.2) is 24.9 Å². The number of hydrogen-bond acceptors (Lipinski definition) is 4. The van der Waals surface area contributed by atoms with E-state index in [0.717, 1.165) is 5.56 Å². The first kappa shape index (κ1) is 17.2. The Morgan fingerprint density at radius 1 is 1.17 bits per heavy atom. The minimum absolute atomic E-state index is 0.142.